The average Bonchev–Trinajstić information content (AvgIpc) is 2.46. The fraction of sp³-hybridized carbons (Fsp3) is 0.471. The first-order valence-corrected chi connectivity index (χ1v) is 7.61. The first-order valence-electron chi connectivity index (χ1n) is 7.61. The van der Waals surface area contributed by atoms with E-state index in [-0.39, 0.29) is 18.2 Å². The van der Waals surface area contributed by atoms with Crippen LogP contribution in [0, 0.1) is 5.92 Å². The molecule has 0 heterocycles. The van der Waals surface area contributed by atoms with Crippen molar-refractivity contribution in [2.75, 3.05) is 11.9 Å². The van der Waals surface area contributed by atoms with Gasteiger partial charge in [0.05, 0.1) is 6.42 Å². The Morgan fingerprint density at radius 2 is 1.70 bits per heavy atom. The number of rotatable bonds is 7. The Kier molecular flexibility index (Phi) is 7.25. The van der Waals surface area contributed by atoms with E-state index in [1.807, 2.05) is 13.8 Å². The zero-order valence-electron chi connectivity index (χ0n) is 14.0. The van der Waals surface area contributed by atoms with E-state index in [1.54, 1.807) is 31.2 Å². The maximum Gasteiger partial charge on any atom is 0.311 e. The number of ether oxygens (including phenoxy) is 1. The minimum Gasteiger partial charge on any atom is -0.452 e. The van der Waals surface area contributed by atoms with Gasteiger partial charge in [0.15, 0.2) is 6.10 Å². The van der Waals surface area contributed by atoms with E-state index >= 15 is 0 Å². The van der Waals surface area contributed by atoms with E-state index in [0.717, 1.165) is 5.56 Å². The molecule has 0 spiro atoms. The van der Waals surface area contributed by atoms with E-state index in [4.69, 9.17) is 4.74 Å². The van der Waals surface area contributed by atoms with Crippen molar-refractivity contribution < 1.29 is 19.1 Å². The number of esters is 1. The highest BCUT2D eigenvalue weighted by Crippen LogP contribution is 2.11. The van der Waals surface area contributed by atoms with E-state index in [9.17, 15) is 14.4 Å². The lowest BCUT2D eigenvalue weighted by Crippen LogP contribution is -2.37. The average molecular weight is 320 g/mol. The summed E-state index contributed by atoms with van der Waals surface area (Å²) in [5.74, 6) is -0.583. The largest absolute Gasteiger partial charge is 0.452 e. The molecule has 1 aromatic carbocycles. The molecule has 2 N–H and O–H groups in total. The molecule has 1 atom stereocenters. The van der Waals surface area contributed by atoms with Crippen molar-refractivity contribution in [1.29, 1.82) is 0 Å². The van der Waals surface area contributed by atoms with Crippen molar-refractivity contribution in [2.24, 2.45) is 5.92 Å². The fourth-order valence-electron chi connectivity index (χ4n) is 1.82. The van der Waals surface area contributed by atoms with Gasteiger partial charge < -0.3 is 15.4 Å². The number of amides is 2. The van der Waals surface area contributed by atoms with Crippen molar-refractivity contribution in [2.45, 2.75) is 40.2 Å². The molecule has 126 valence electrons. The number of hydrogen-bond acceptors (Lipinski definition) is 4. The third kappa shape index (κ3) is 7.44. The van der Waals surface area contributed by atoms with Crippen LogP contribution in [0.4, 0.5) is 5.69 Å². The molecule has 0 bridgehead atoms. The lowest BCUT2D eigenvalue weighted by molar-refractivity contribution is -0.154. The Morgan fingerprint density at radius 3 is 2.22 bits per heavy atom. The number of anilines is 1. The van der Waals surface area contributed by atoms with Crippen LogP contribution in [0.1, 0.15) is 33.3 Å². The van der Waals surface area contributed by atoms with Crippen LogP contribution < -0.4 is 10.6 Å². The number of nitrogens with one attached hydrogen (secondary N) is 2. The summed E-state index contributed by atoms with van der Waals surface area (Å²) in [6.07, 6.45) is -0.748. The quantitative estimate of drug-likeness (QED) is 0.751. The Balaban J connectivity index is 2.46. The van der Waals surface area contributed by atoms with Crippen LogP contribution in [0.5, 0.6) is 0 Å². The van der Waals surface area contributed by atoms with Crippen LogP contribution in [-0.2, 0) is 25.5 Å². The van der Waals surface area contributed by atoms with Gasteiger partial charge >= 0.3 is 5.97 Å². The number of carbonyl (C=O) groups excluding carboxylic acids is 3. The van der Waals surface area contributed by atoms with Crippen LogP contribution in [-0.4, -0.2) is 30.4 Å². The van der Waals surface area contributed by atoms with E-state index in [2.05, 4.69) is 10.6 Å². The normalized spacial score (nSPS) is 11.7. The minimum absolute atomic E-state index is 0.0716. The molecule has 1 aromatic rings. The molecule has 23 heavy (non-hydrogen) atoms. The Labute approximate surface area is 136 Å². The summed E-state index contributed by atoms with van der Waals surface area (Å²) in [6, 6.07) is 6.89. The molecule has 0 aliphatic rings. The predicted octanol–water partition coefficient (Wildman–Crippen LogP) is 1.89. The molecule has 0 radical (unpaired) electrons. The van der Waals surface area contributed by atoms with Gasteiger partial charge in [-0.05, 0) is 30.5 Å². The lowest BCUT2D eigenvalue weighted by atomic mass is 10.1. The molecule has 2 amide bonds. The smallest absolute Gasteiger partial charge is 0.311 e. The molecule has 0 aliphatic heterocycles. The zero-order valence-corrected chi connectivity index (χ0v) is 14.0. The molecule has 0 saturated heterocycles. The molecule has 0 unspecified atom stereocenters. The maximum atomic E-state index is 11.9. The molecular formula is C17H24N2O4. The summed E-state index contributed by atoms with van der Waals surface area (Å²) >= 11 is 0. The summed E-state index contributed by atoms with van der Waals surface area (Å²) in [5.41, 5.74) is 1.41. The first kappa shape index (κ1) is 18.7. The SMILES string of the molecule is CC(=O)Nc1ccc(CC(=O)O[C@H](C)C(=O)NCC(C)C)cc1. The molecule has 6 heteroatoms. The maximum absolute atomic E-state index is 11.9. The highest BCUT2D eigenvalue weighted by atomic mass is 16.5. The van der Waals surface area contributed by atoms with Gasteiger partial charge in [-0.25, -0.2) is 0 Å². The summed E-state index contributed by atoms with van der Waals surface area (Å²) in [4.78, 5) is 34.5. The summed E-state index contributed by atoms with van der Waals surface area (Å²) in [5, 5.41) is 5.37. The summed E-state index contributed by atoms with van der Waals surface area (Å²) in [7, 11) is 0. The van der Waals surface area contributed by atoms with Crippen molar-refractivity contribution in [3.05, 3.63) is 29.8 Å². The highest BCUT2D eigenvalue weighted by molar-refractivity contribution is 5.88. The first-order chi connectivity index (χ1) is 10.8. The molecule has 6 nitrogen and oxygen atoms in total. The van der Waals surface area contributed by atoms with Crippen LogP contribution in [0.25, 0.3) is 0 Å². The van der Waals surface area contributed by atoms with Crippen molar-refractivity contribution in [3.8, 4) is 0 Å². The van der Waals surface area contributed by atoms with Gasteiger partial charge in [0, 0.05) is 19.2 Å². The van der Waals surface area contributed by atoms with Gasteiger partial charge in [-0.15, -0.1) is 0 Å². The van der Waals surface area contributed by atoms with E-state index < -0.39 is 12.1 Å². The second kappa shape index (κ2) is 8.92. The number of hydrogen-bond donors (Lipinski definition) is 2. The third-order valence-electron chi connectivity index (χ3n) is 2.98. The third-order valence-corrected chi connectivity index (χ3v) is 2.98. The van der Waals surface area contributed by atoms with Gasteiger partial charge in [0.1, 0.15) is 0 Å². The Morgan fingerprint density at radius 1 is 1.09 bits per heavy atom. The van der Waals surface area contributed by atoms with Crippen molar-refractivity contribution in [1.82, 2.24) is 5.32 Å². The fourth-order valence-corrected chi connectivity index (χ4v) is 1.82. The Hall–Kier alpha value is -2.37. The van der Waals surface area contributed by atoms with Gasteiger partial charge in [0.25, 0.3) is 5.91 Å². The van der Waals surface area contributed by atoms with Crippen LogP contribution >= 0.6 is 0 Å². The molecular weight excluding hydrogens is 296 g/mol. The molecule has 0 fully saturated rings. The minimum atomic E-state index is -0.820. The predicted molar refractivity (Wildman–Crippen MR) is 87.9 cm³/mol. The molecule has 0 aromatic heterocycles. The molecule has 1 rings (SSSR count). The van der Waals surface area contributed by atoms with E-state index in [0.29, 0.717) is 18.2 Å². The number of carbonyl (C=O) groups is 3. The molecule has 0 saturated carbocycles. The Bertz CT molecular complexity index is 552. The highest BCUT2D eigenvalue weighted by Gasteiger charge is 2.17. The van der Waals surface area contributed by atoms with Crippen molar-refractivity contribution >= 4 is 23.5 Å². The number of benzene rings is 1. The second-order valence-electron chi connectivity index (χ2n) is 5.83. The summed E-state index contributed by atoms with van der Waals surface area (Å²) < 4.78 is 5.12. The second-order valence-corrected chi connectivity index (χ2v) is 5.83. The van der Waals surface area contributed by atoms with Gasteiger partial charge in [0.2, 0.25) is 5.91 Å². The standard InChI is InChI=1S/C17H24N2O4/c1-11(2)10-18-17(22)12(3)23-16(21)9-14-5-7-15(8-6-14)19-13(4)20/h5-8,11-12H,9-10H2,1-4H3,(H,18,22)(H,19,20)/t12-/m1/s1. The van der Waals surface area contributed by atoms with Crippen LogP contribution in [0.3, 0.4) is 0 Å². The van der Waals surface area contributed by atoms with Gasteiger partial charge in [-0.2, -0.15) is 0 Å². The molecule has 0 aliphatic carbocycles. The van der Waals surface area contributed by atoms with E-state index in [1.165, 1.54) is 6.92 Å². The van der Waals surface area contributed by atoms with Crippen LogP contribution in [0.2, 0.25) is 0 Å². The van der Waals surface area contributed by atoms with Gasteiger partial charge in [-0.1, -0.05) is 26.0 Å². The topological polar surface area (TPSA) is 84.5 Å². The van der Waals surface area contributed by atoms with Gasteiger partial charge in [-0.3, -0.25) is 14.4 Å². The van der Waals surface area contributed by atoms with Crippen molar-refractivity contribution in [3.63, 3.8) is 0 Å². The van der Waals surface area contributed by atoms with Crippen LogP contribution in [0.15, 0.2) is 24.3 Å². The monoisotopic (exact) mass is 320 g/mol. The summed E-state index contributed by atoms with van der Waals surface area (Å²) in [6.45, 7) is 7.50. The zero-order chi connectivity index (χ0) is 17.4. The lowest BCUT2D eigenvalue weighted by Gasteiger charge is -2.14.